The molecule has 0 atom stereocenters. The zero-order valence-electron chi connectivity index (χ0n) is 12.1. The van der Waals surface area contributed by atoms with Gasteiger partial charge in [-0.2, -0.15) is 0 Å². The van der Waals surface area contributed by atoms with Crippen LogP contribution in [0.15, 0.2) is 97.2 Å². The highest BCUT2D eigenvalue weighted by Crippen LogP contribution is 2.34. The van der Waals surface area contributed by atoms with Crippen LogP contribution in [0.4, 0.5) is 17.2 Å². The van der Waals surface area contributed by atoms with Crippen LogP contribution in [0.25, 0.3) is 5.52 Å². The second-order valence-electron chi connectivity index (χ2n) is 5.19. The Balaban J connectivity index is 1.95. The number of para-hydroxylation sites is 2. The van der Waals surface area contributed by atoms with Gasteiger partial charge in [0, 0.05) is 23.1 Å². The summed E-state index contributed by atoms with van der Waals surface area (Å²) in [6.07, 6.45) is 2.10. The van der Waals surface area contributed by atoms with Gasteiger partial charge in [0.1, 0.15) is 5.82 Å². The third-order valence-electron chi connectivity index (χ3n) is 3.80. The normalized spacial score (nSPS) is 10.7. The molecule has 2 heterocycles. The van der Waals surface area contributed by atoms with E-state index in [1.807, 2.05) is 12.1 Å². The van der Waals surface area contributed by atoms with Gasteiger partial charge >= 0.3 is 0 Å². The van der Waals surface area contributed by atoms with Gasteiger partial charge in [-0.1, -0.05) is 42.5 Å². The van der Waals surface area contributed by atoms with Crippen LogP contribution in [0.5, 0.6) is 0 Å². The molecule has 0 radical (unpaired) electrons. The van der Waals surface area contributed by atoms with Gasteiger partial charge in [0.15, 0.2) is 0 Å². The first-order valence-electron chi connectivity index (χ1n) is 7.40. The first-order valence-corrected chi connectivity index (χ1v) is 7.40. The molecule has 0 aliphatic heterocycles. The maximum absolute atomic E-state index is 2.27. The van der Waals surface area contributed by atoms with Gasteiger partial charge in [-0.25, -0.2) is 0 Å². The molecule has 2 heteroatoms. The molecule has 0 fully saturated rings. The fourth-order valence-corrected chi connectivity index (χ4v) is 2.79. The second kappa shape index (κ2) is 5.41. The Labute approximate surface area is 129 Å². The standard InChI is InChI=1S/C20H16N2/c1-3-10-18(11-4-1)22(19-12-5-2-6-13-19)20-15-14-17-9-7-8-16-21(17)20/h1-16H. The zero-order valence-corrected chi connectivity index (χ0v) is 12.1. The maximum atomic E-state index is 2.27. The third-order valence-corrected chi connectivity index (χ3v) is 3.80. The molecule has 4 aromatic rings. The fraction of sp³-hybridized carbons (Fsp3) is 0. The second-order valence-corrected chi connectivity index (χ2v) is 5.19. The Morgan fingerprint density at radius 1 is 0.545 bits per heavy atom. The summed E-state index contributed by atoms with van der Waals surface area (Å²) < 4.78 is 2.21. The number of pyridine rings is 1. The molecular weight excluding hydrogens is 268 g/mol. The van der Waals surface area contributed by atoms with Crippen LogP contribution in [0.1, 0.15) is 0 Å². The Morgan fingerprint density at radius 3 is 1.77 bits per heavy atom. The zero-order chi connectivity index (χ0) is 14.8. The van der Waals surface area contributed by atoms with Crippen LogP contribution in [-0.2, 0) is 0 Å². The number of hydrogen-bond acceptors (Lipinski definition) is 1. The van der Waals surface area contributed by atoms with E-state index >= 15 is 0 Å². The highest BCUT2D eigenvalue weighted by Gasteiger charge is 2.14. The van der Waals surface area contributed by atoms with Crippen LogP contribution >= 0.6 is 0 Å². The molecule has 4 rings (SSSR count). The first-order chi connectivity index (χ1) is 10.9. The van der Waals surface area contributed by atoms with E-state index in [0.29, 0.717) is 0 Å². The summed E-state index contributed by atoms with van der Waals surface area (Å²) in [4.78, 5) is 2.27. The van der Waals surface area contributed by atoms with E-state index in [9.17, 15) is 0 Å². The minimum Gasteiger partial charge on any atom is -0.303 e. The van der Waals surface area contributed by atoms with Crippen molar-refractivity contribution >= 4 is 22.7 Å². The minimum absolute atomic E-state index is 1.13. The summed E-state index contributed by atoms with van der Waals surface area (Å²) >= 11 is 0. The van der Waals surface area contributed by atoms with Crippen molar-refractivity contribution in [2.45, 2.75) is 0 Å². The average Bonchev–Trinajstić information content (AvgIpc) is 3.01. The monoisotopic (exact) mass is 284 g/mol. The van der Waals surface area contributed by atoms with Crippen molar-refractivity contribution in [3.63, 3.8) is 0 Å². The summed E-state index contributed by atoms with van der Waals surface area (Å²) in [7, 11) is 0. The average molecular weight is 284 g/mol. The van der Waals surface area contributed by atoms with Gasteiger partial charge < -0.3 is 4.40 Å². The van der Waals surface area contributed by atoms with Crippen LogP contribution in [0.2, 0.25) is 0 Å². The van der Waals surface area contributed by atoms with E-state index < -0.39 is 0 Å². The molecule has 0 saturated heterocycles. The molecule has 2 nitrogen and oxygen atoms in total. The molecule has 0 spiro atoms. The summed E-state index contributed by atoms with van der Waals surface area (Å²) in [6, 6.07) is 31.5. The van der Waals surface area contributed by atoms with Crippen molar-refractivity contribution in [3.05, 3.63) is 97.2 Å². The summed E-state index contributed by atoms with van der Waals surface area (Å²) in [5.41, 5.74) is 3.49. The topological polar surface area (TPSA) is 7.65 Å². The van der Waals surface area contributed by atoms with Crippen molar-refractivity contribution in [3.8, 4) is 0 Å². The number of aromatic nitrogens is 1. The lowest BCUT2D eigenvalue weighted by Gasteiger charge is -2.24. The molecule has 0 aliphatic rings. The number of benzene rings is 2. The van der Waals surface area contributed by atoms with Crippen molar-refractivity contribution in [2.75, 3.05) is 4.90 Å². The molecule has 0 bridgehead atoms. The predicted molar refractivity (Wildman–Crippen MR) is 92.1 cm³/mol. The minimum atomic E-state index is 1.13. The molecule has 22 heavy (non-hydrogen) atoms. The number of rotatable bonds is 3. The van der Waals surface area contributed by atoms with E-state index in [0.717, 1.165) is 17.2 Å². The lowest BCUT2D eigenvalue weighted by Crippen LogP contribution is -2.11. The summed E-state index contributed by atoms with van der Waals surface area (Å²) in [6.45, 7) is 0. The largest absolute Gasteiger partial charge is 0.303 e. The quantitative estimate of drug-likeness (QED) is 0.488. The van der Waals surface area contributed by atoms with E-state index in [1.54, 1.807) is 0 Å². The summed E-state index contributed by atoms with van der Waals surface area (Å²) in [5.74, 6) is 1.13. The molecule has 0 aliphatic carbocycles. The number of nitrogens with zero attached hydrogens (tertiary/aromatic N) is 2. The van der Waals surface area contributed by atoms with Gasteiger partial charge in [0.05, 0.1) is 0 Å². The molecule has 2 aromatic heterocycles. The van der Waals surface area contributed by atoms with Gasteiger partial charge in [-0.05, 0) is 48.5 Å². The first kappa shape index (κ1) is 12.7. The molecule has 0 unspecified atom stereocenters. The Morgan fingerprint density at radius 2 is 1.14 bits per heavy atom. The van der Waals surface area contributed by atoms with Gasteiger partial charge in [-0.3, -0.25) is 4.90 Å². The Bertz CT molecular complexity index is 840. The van der Waals surface area contributed by atoms with E-state index in [-0.39, 0.29) is 0 Å². The molecular formula is C20H16N2. The van der Waals surface area contributed by atoms with E-state index in [1.165, 1.54) is 5.52 Å². The Hall–Kier alpha value is -3.00. The SMILES string of the molecule is c1ccc(N(c2ccccc2)c2ccc3ccccn23)cc1. The smallest absolute Gasteiger partial charge is 0.122 e. The number of fused-ring (bicyclic) bond motifs is 1. The van der Waals surface area contributed by atoms with Crippen LogP contribution in [-0.4, -0.2) is 4.40 Å². The number of anilines is 3. The predicted octanol–water partition coefficient (Wildman–Crippen LogP) is 5.41. The van der Waals surface area contributed by atoms with Crippen molar-refractivity contribution in [2.24, 2.45) is 0 Å². The van der Waals surface area contributed by atoms with E-state index in [4.69, 9.17) is 0 Å². The van der Waals surface area contributed by atoms with Gasteiger partial charge in [0.25, 0.3) is 0 Å². The maximum Gasteiger partial charge on any atom is 0.122 e. The summed E-state index contributed by atoms with van der Waals surface area (Å²) in [5, 5.41) is 0. The number of hydrogen-bond donors (Lipinski definition) is 0. The molecule has 0 amide bonds. The van der Waals surface area contributed by atoms with Gasteiger partial charge in [0.2, 0.25) is 0 Å². The lowest BCUT2D eigenvalue weighted by molar-refractivity contribution is 1.12. The molecule has 2 aromatic carbocycles. The fourth-order valence-electron chi connectivity index (χ4n) is 2.79. The Kier molecular flexibility index (Phi) is 3.13. The third kappa shape index (κ3) is 2.15. The van der Waals surface area contributed by atoms with Crippen LogP contribution < -0.4 is 4.90 Å². The molecule has 0 N–H and O–H groups in total. The van der Waals surface area contributed by atoms with E-state index in [2.05, 4.69) is 94.4 Å². The van der Waals surface area contributed by atoms with Crippen LogP contribution in [0.3, 0.4) is 0 Å². The van der Waals surface area contributed by atoms with Crippen molar-refractivity contribution in [1.29, 1.82) is 0 Å². The van der Waals surface area contributed by atoms with Crippen molar-refractivity contribution < 1.29 is 0 Å². The van der Waals surface area contributed by atoms with Crippen LogP contribution in [0, 0.1) is 0 Å². The highest BCUT2D eigenvalue weighted by molar-refractivity contribution is 5.77. The van der Waals surface area contributed by atoms with Gasteiger partial charge in [-0.15, -0.1) is 0 Å². The highest BCUT2D eigenvalue weighted by atomic mass is 15.2. The molecule has 106 valence electrons. The van der Waals surface area contributed by atoms with Crippen molar-refractivity contribution in [1.82, 2.24) is 4.40 Å². The molecule has 0 saturated carbocycles. The lowest BCUT2D eigenvalue weighted by atomic mass is 10.2.